The van der Waals surface area contributed by atoms with Crippen LogP contribution in [0.2, 0.25) is 0 Å². The van der Waals surface area contributed by atoms with Gasteiger partial charge in [0.25, 0.3) is 0 Å². The van der Waals surface area contributed by atoms with Crippen LogP contribution in [0, 0.1) is 3.95 Å². The van der Waals surface area contributed by atoms with Gasteiger partial charge in [-0.05, 0) is 47.5 Å². The van der Waals surface area contributed by atoms with Gasteiger partial charge in [-0.15, -0.1) is 11.3 Å². The van der Waals surface area contributed by atoms with Crippen LogP contribution in [0.1, 0.15) is 21.6 Å². The Labute approximate surface area is 127 Å². The minimum absolute atomic E-state index is 0.842. The van der Waals surface area contributed by atoms with Crippen molar-refractivity contribution < 1.29 is 0 Å². The van der Waals surface area contributed by atoms with Crippen molar-refractivity contribution in [2.24, 2.45) is 0 Å². The second-order valence-electron chi connectivity index (χ2n) is 4.67. The summed E-state index contributed by atoms with van der Waals surface area (Å²) in [6, 6.07) is 12.9. The zero-order valence-corrected chi connectivity index (χ0v) is 12.5. The molecular formula is C16H14N2S2. The number of thiazole rings is 1. The average molecular weight is 298 g/mol. The lowest BCUT2D eigenvalue weighted by Crippen LogP contribution is -1.90. The molecule has 0 aliphatic heterocycles. The smallest absolute Gasteiger partial charge is 0.158 e. The number of H-pyrrole nitrogens is 1. The molecule has 0 radical (unpaired) electrons. The van der Waals surface area contributed by atoms with E-state index in [4.69, 9.17) is 12.2 Å². The molecule has 1 N–H and O–H groups in total. The lowest BCUT2D eigenvalue weighted by molar-refractivity contribution is 1.14. The van der Waals surface area contributed by atoms with Crippen molar-refractivity contribution in [2.75, 3.05) is 0 Å². The molecule has 0 aliphatic carbocycles. The van der Waals surface area contributed by atoms with Crippen molar-refractivity contribution in [3.63, 3.8) is 0 Å². The summed E-state index contributed by atoms with van der Waals surface area (Å²) in [5.41, 5.74) is 3.92. The third-order valence-electron chi connectivity index (χ3n) is 3.13. The Kier molecular flexibility index (Phi) is 4.04. The van der Waals surface area contributed by atoms with Crippen LogP contribution < -0.4 is 0 Å². The number of rotatable bonds is 4. The highest BCUT2D eigenvalue weighted by atomic mass is 32.1. The van der Waals surface area contributed by atoms with E-state index in [1.165, 1.54) is 21.6 Å². The Morgan fingerprint density at radius 2 is 1.50 bits per heavy atom. The van der Waals surface area contributed by atoms with E-state index in [-0.39, 0.29) is 0 Å². The van der Waals surface area contributed by atoms with Crippen LogP contribution in [-0.2, 0) is 12.8 Å². The van der Waals surface area contributed by atoms with E-state index in [0.29, 0.717) is 0 Å². The summed E-state index contributed by atoms with van der Waals surface area (Å²) < 4.78 is 0.842. The van der Waals surface area contributed by atoms with Gasteiger partial charge in [0.2, 0.25) is 0 Å². The van der Waals surface area contributed by atoms with E-state index in [1.807, 2.05) is 18.6 Å². The number of nitrogens with one attached hydrogen (secondary N) is 1. The first kappa shape index (κ1) is 13.2. The van der Waals surface area contributed by atoms with Crippen LogP contribution >= 0.6 is 23.6 Å². The number of pyridine rings is 1. The molecule has 3 rings (SSSR count). The molecule has 4 heteroatoms. The summed E-state index contributed by atoms with van der Waals surface area (Å²) in [7, 11) is 0. The predicted octanol–water partition coefficient (Wildman–Crippen LogP) is 4.38. The van der Waals surface area contributed by atoms with Gasteiger partial charge in [0.05, 0.1) is 0 Å². The summed E-state index contributed by atoms with van der Waals surface area (Å²) in [6.07, 6.45) is 7.56. The first-order chi connectivity index (χ1) is 9.79. The Morgan fingerprint density at radius 1 is 0.900 bits per heavy atom. The average Bonchev–Trinajstić information content (AvgIpc) is 2.88. The number of hydrogen-bond acceptors (Lipinski definition) is 3. The highest BCUT2D eigenvalue weighted by molar-refractivity contribution is 7.73. The Bertz CT molecular complexity index is 727. The van der Waals surface area contributed by atoms with Crippen molar-refractivity contribution in [3.8, 4) is 0 Å². The quantitative estimate of drug-likeness (QED) is 0.724. The first-order valence-corrected chi connectivity index (χ1v) is 7.66. The molecule has 0 aliphatic rings. The molecule has 2 aromatic heterocycles. The van der Waals surface area contributed by atoms with Crippen molar-refractivity contribution >= 4 is 23.6 Å². The minimum atomic E-state index is 0.842. The zero-order chi connectivity index (χ0) is 13.8. The summed E-state index contributed by atoms with van der Waals surface area (Å²) >= 11 is 6.74. The van der Waals surface area contributed by atoms with Crippen molar-refractivity contribution in [1.82, 2.24) is 9.97 Å². The van der Waals surface area contributed by atoms with Crippen LogP contribution in [0.4, 0.5) is 0 Å². The zero-order valence-electron chi connectivity index (χ0n) is 10.9. The Balaban J connectivity index is 1.70. The molecule has 0 saturated heterocycles. The molecule has 2 heterocycles. The van der Waals surface area contributed by atoms with Gasteiger partial charge in [-0.2, -0.15) is 0 Å². The molecule has 0 saturated carbocycles. The summed E-state index contributed by atoms with van der Waals surface area (Å²) in [6.45, 7) is 0. The third kappa shape index (κ3) is 3.40. The van der Waals surface area contributed by atoms with Gasteiger partial charge in [-0.3, -0.25) is 4.98 Å². The topological polar surface area (TPSA) is 28.7 Å². The van der Waals surface area contributed by atoms with Crippen molar-refractivity contribution in [1.29, 1.82) is 0 Å². The molecule has 0 fully saturated rings. The number of hydrogen-bond donors (Lipinski definition) is 1. The molecule has 3 aromatic rings. The SMILES string of the molecule is S=c1[nH]cc(Cc2ccc(Cc3ccncc3)cc2)s1. The lowest BCUT2D eigenvalue weighted by atomic mass is 10.0. The number of aromatic nitrogens is 2. The van der Waals surface area contributed by atoms with Gasteiger partial charge in [-0.1, -0.05) is 24.3 Å². The highest BCUT2D eigenvalue weighted by Crippen LogP contribution is 2.16. The number of aromatic amines is 1. The minimum Gasteiger partial charge on any atom is -0.343 e. The Morgan fingerprint density at radius 3 is 2.10 bits per heavy atom. The van der Waals surface area contributed by atoms with E-state index in [0.717, 1.165) is 16.8 Å². The molecule has 2 nitrogen and oxygen atoms in total. The predicted molar refractivity (Wildman–Crippen MR) is 85.8 cm³/mol. The van der Waals surface area contributed by atoms with Crippen LogP contribution in [0.3, 0.4) is 0 Å². The normalized spacial score (nSPS) is 10.6. The van der Waals surface area contributed by atoms with Crippen LogP contribution in [0.5, 0.6) is 0 Å². The van der Waals surface area contributed by atoms with Gasteiger partial charge in [0.1, 0.15) is 0 Å². The molecule has 0 bridgehead atoms. The number of benzene rings is 1. The van der Waals surface area contributed by atoms with Gasteiger partial charge in [0, 0.05) is 29.9 Å². The Hall–Kier alpha value is -1.78. The van der Waals surface area contributed by atoms with E-state index in [2.05, 4.69) is 46.4 Å². The van der Waals surface area contributed by atoms with E-state index in [1.54, 1.807) is 11.3 Å². The van der Waals surface area contributed by atoms with Gasteiger partial charge >= 0.3 is 0 Å². The second kappa shape index (κ2) is 6.11. The van der Waals surface area contributed by atoms with Crippen LogP contribution in [-0.4, -0.2) is 9.97 Å². The maximum atomic E-state index is 5.10. The molecule has 20 heavy (non-hydrogen) atoms. The molecular weight excluding hydrogens is 284 g/mol. The summed E-state index contributed by atoms with van der Waals surface area (Å²) in [5, 5.41) is 0. The molecule has 0 atom stereocenters. The molecule has 0 spiro atoms. The van der Waals surface area contributed by atoms with Gasteiger partial charge < -0.3 is 4.98 Å². The molecule has 0 unspecified atom stereocenters. The first-order valence-electron chi connectivity index (χ1n) is 6.44. The fourth-order valence-corrected chi connectivity index (χ4v) is 3.21. The third-order valence-corrected chi connectivity index (χ3v) is 4.33. The fourth-order valence-electron chi connectivity index (χ4n) is 2.12. The highest BCUT2D eigenvalue weighted by Gasteiger charge is 2.00. The number of nitrogens with zero attached hydrogens (tertiary/aromatic N) is 1. The second-order valence-corrected chi connectivity index (χ2v) is 6.47. The van der Waals surface area contributed by atoms with E-state index >= 15 is 0 Å². The van der Waals surface area contributed by atoms with Crippen molar-refractivity contribution in [2.45, 2.75) is 12.8 Å². The van der Waals surface area contributed by atoms with Crippen LogP contribution in [0.25, 0.3) is 0 Å². The molecule has 1 aromatic carbocycles. The maximum Gasteiger partial charge on any atom is 0.158 e. The summed E-state index contributed by atoms with van der Waals surface area (Å²) in [5.74, 6) is 0. The molecule has 100 valence electrons. The standard InChI is InChI=1S/C16H14N2S2/c19-16-18-11-15(20-16)10-13-3-1-12(2-4-13)9-14-5-7-17-8-6-14/h1-8,11H,9-10H2,(H,18,19). The molecule has 0 amide bonds. The van der Waals surface area contributed by atoms with E-state index < -0.39 is 0 Å². The maximum absolute atomic E-state index is 5.10. The van der Waals surface area contributed by atoms with Crippen molar-refractivity contribution in [3.05, 3.63) is 80.5 Å². The van der Waals surface area contributed by atoms with Gasteiger partial charge in [0.15, 0.2) is 3.95 Å². The largest absolute Gasteiger partial charge is 0.343 e. The summed E-state index contributed by atoms with van der Waals surface area (Å²) in [4.78, 5) is 8.37. The van der Waals surface area contributed by atoms with Gasteiger partial charge in [-0.25, -0.2) is 0 Å². The lowest BCUT2D eigenvalue weighted by Gasteiger charge is -2.03. The fraction of sp³-hybridized carbons (Fsp3) is 0.125. The van der Waals surface area contributed by atoms with Crippen LogP contribution in [0.15, 0.2) is 55.0 Å². The van der Waals surface area contributed by atoms with E-state index in [9.17, 15) is 0 Å². The monoisotopic (exact) mass is 298 g/mol.